The van der Waals surface area contributed by atoms with Gasteiger partial charge in [-0.2, -0.15) is 0 Å². The minimum absolute atomic E-state index is 0. The fraction of sp³-hybridized carbons (Fsp3) is 0.842. The van der Waals surface area contributed by atoms with E-state index < -0.39 is 12.0 Å². The summed E-state index contributed by atoms with van der Waals surface area (Å²) in [5, 5.41) is 14.4. The van der Waals surface area contributed by atoms with E-state index in [-0.39, 0.29) is 43.0 Å². The number of rotatable bonds is 7. The minimum atomic E-state index is -0.809. The van der Waals surface area contributed by atoms with Crippen LogP contribution in [0.5, 0.6) is 0 Å². The number of carbonyl (C=O) groups excluding carboxylic acids is 2. The number of piperidine rings is 1. The second-order valence-electron chi connectivity index (χ2n) is 7.70. The standard InChI is InChI=1S/C19H34N4O4.ClH/c1-3-22(13-17(24)25)16-9-11-23(12-10-16)14(2)18(26)21-19(27)20-15-7-5-4-6-8-15;/h14-16H,3-13H2,1-2H3,(H,24,25)(H2,20,21,26,27);1H. The van der Waals surface area contributed by atoms with Gasteiger partial charge in [0.2, 0.25) is 5.91 Å². The Morgan fingerprint density at radius 2 is 1.71 bits per heavy atom. The van der Waals surface area contributed by atoms with Crippen LogP contribution in [0.15, 0.2) is 0 Å². The number of aliphatic carboxylic acids is 1. The molecule has 1 saturated carbocycles. The number of carboxylic acid groups (broad SMARTS) is 1. The Bertz CT molecular complexity index is 520. The predicted molar refractivity (Wildman–Crippen MR) is 110 cm³/mol. The van der Waals surface area contributed by atoms with Crippen LogP contribution >= 0.6 is 12.4 Å². The SMILES string of the molecule is CCN(CC(=O)O)C1CCN(C(C)C(=O)NC(=O)NC2CCCCC2)CC1.Cl. The Morgan fingerprint density at radius 3 is 2.25 bits per heavy atom. The molecular weight excluding hydrogens is 384 g/mol. The number of likely N-dealkylation sites (N-methyl/N-ethyl adjacent to an activating group) is 1. The van der Waals surface area contributed by atoms with Crippen LogP contribution in [-0.4, -0.2) is 77.1 Å². The summed E-state index contributed by atoms with van der Waals surface area (Å²) >= 11 is 0. The van der Waals surface area contributed by atoms with Gasteiger partial charge in [-0.3, -0.25) is 24.7 Å². The summed E-state index contributed by atoms with van der Waals surface area (Å²) in [6, 6.07) is -0.371. The molecule has 0 spiro atoms. The number of likely N-dealkylation sites (tertiary alicyclic amines) is 1. The summed E-state index contributed by atoms with van der Waals surface area (Å²) < 4.78 is 0. The minimum Gasteiger partial charge on any atom is -0.480 e. The molecule has 9 heteroatoms. The number of nitrogens with one attached hydrogen (secondary N) is 2. The first-order valence-corrected chi connectivity index (χ1v) is 10.2. The number of carbonyl (C=O) groups is 3. The van der Waals surface area contributed by atoms with Gasteiger partial charge in [0.25, 0.3) is 0 Å². The normalized spacial score (nSPS) is 20.2. The van der Waals surface area contributed by atoms with Crippen LogP contribution in [0.1, 0.15) is 58.8 Å². The van der Waals surface area contributed by atoms with E-state index in [0.29, 0.717) is 6.54 Å². The molecule has 0 aromatic heterocycles. The van der Waals surface area contributed by atoms with Crippen LogP contribution in [0.2, 0.25) is 0 Å². The molecule has 2 fully saturated rings. The molecule has 0 aromatic carbocycles. The summed E-state index contributed by atoms with van der Waals surface area (Å²) in [6.45, 7) is 5.99. The molecule has 1 unspecified atom stereocenters. The molecule has 1 atom stereocenters. The van der Waals surface area contributed by atoms with E-state index in [4.69, 9.17) is 5.11 Å². The average Bonchev–Trinajstić information content (AvgIpc) is 2.66. The van der Waals surface area contributed by atoms with Crippen LogP contribution in [0, 0.1) is 0 Å². The lowest BCUT2D eigenvalue weighted by atomic mass is 9.96. The third kappa shape index (κ3) is 7.56. The van der Waals surface area contributed by atoms with Crippen molar-refractivity contribution >= 4 is 30.3 Å². The zero-order valence-corrected chi connectivity index (χ0v) is 17.8. The lowest BCUT2D eigenvalue weighted by Gasteiger charge is -2.39. The number of imide groups is 1. The van der Waals surface area contributed by atoms with Crippen LogP contribution in [0.4, 0.5) is 4.79 Å². The van der Waals surface area contributed by atoms with Gasteiger partial charge in [0, 0.05) is 25.2 Å². The first-order chi connectivity index (χ1) is 12.9. The second-order valence-corrected chi connectivity index (χ2v) is 7.70. The first-order valence-electron chi connectivity index (χ1n) is 10.2. The van der Waals surface area contributed by atoms with Crippen molar-refractivity contribution in [3.05, 3.63) is 0 Å². The van der Waals surface area contributed by atoms with Crippen molar-refractivity contribution in [3.63, 3.8) is 0 Å². The summed E-state index contributed by atoms with van der Waals surface area (Å²) in [4.78, 5) is 39.5. The fourth-order valence-electron chi connectivity index (χ4n) is 4.16. The molecule has 1 aliphatic heterocycles. The molecule has 1 heterocycles. The highest BCUT2D eigenvalue weighted by Crippen LogP contribution is 2.19. The van der Waals surface area contributed by atoms with E-state index >= 15 is 0 Å². The first kappa shape index (κ1) is 24.7. The van der Waals surface area contributed by atoms with Crippen LogP contribution in [0.3, 0.4) is 0 Å². The zero-order chi connectivity index (χ0) is 19.8. The Labute approximate surface area is 173 Å². The molecule has 1 saturated heterocycles. The largest absolute Gasteiger partial charge is 0.480 e. The van der Waals surface area contributed by atoms with E-state index in [9.17, 15) is 14.4 Å². The lowest BCUT2D eigenvalue weighted by molar-refractivity contribution is -0.139. The van der Waals surface area contributed by atoms with Crippen molar-refractivity contribution in [1.82, 2.24) is 20.4 Å². The highest BCUT2D eigenvalue weighted by atomic mass is 35.5. The maximum absolute atomic E-state index is 12.4. The Hall–Kier alpha value is -1.38. The summed E-state index contributed by atoms with van der Waals surface area (Å²) in [6.07, 6.45) is 7.08. The van der Waals surface area contributed by atoms with Gasteiger partial charge in [-0.1, -0.05) is 26.2 Å². The predicted octanol–water partition coefficient (Wildman–Crippen LogP) is 1.83. The highest BCUT2D eigenvalue weighted by Gasteiger charge is 2.30. The molecule has 2 aliphatic rings. The number of hydrogen-bond donors (Lipinski definition) is 3. The molecule has 3 N–H and O–H groups in total. The van der Waals surface area contributed by atoms with Crippen molar-refractivity contribution in [1.29, 1.82) is 0 Å². The summed E-state index contributed by atoms with van der Waals surface area (Å²) in [5.41, 5.74) is 0. The molecule has 0 bridgehead atoms. The van der Waals surface area contributed by atoms with E-state index in [1.807, 2.05) is 18.7 Å². The molecule has 162 valence electrons. The van der Waals surface area contributed by atoms with Gasteiger partial charge in [0.1, 0.15) is 0 Å². The monoisotopic (exact) mass is 418 g/mol. The number of hydrogen-bond acceptors (Lipinski definition) is 5. The zero-order valence-electron chi connectivity index (χ0n) is 17.0. The van der Waals surface area contributed by atoms with Gasteiger partial charge >= 0.3 is 12.0 Å². The highest BCUT2D eigenvalue weighted by molar-refractivity contribution is 5.96. The van der Waals surface area contributed by atoms with Gasteiger partial charge in [-0.05, 0) is 39.2 Å². The molecule has 8 nitrogen and oxygen atoms in total. The van der Waals surface area contributed by atoms with Gasteiger partial charge in [-0.25, -0.2) is 4.79 Å². The number of amides is 3. The van der Waals surface area contributed by atoms with Crippen LogP contribution in [0.25, 0.3) is 0 Å². The van der Waals surface area contributed by atoms with Crippen molar-refractivity contribution < 1.29 is 19.5 Å². The van der Waals surface area contributed by atoms with Crippen molar-refractivity contribution in [2.24, 2.45) is 0 Å². The molecule has 3 amide bonds. The van der Waals surface area contributed by atoms with Crippen molar-refractivity contribution in [2.75, 3.05) is 26.2 Å². The van der Waals surface area contributed by atoms with E-state index in [0.717, 1.165) is 51.6 Å². The molecule has 2 rings (SSSR count). The van der Waals surface area contributed by atoms with Crippen molar-refractivity contribution in [3.8, 4) is 0 Å². The maximum Gasteiger partial charge on any atom is 0.321 e. The van der Waals surface area contributed by atoms with Gasteiger partial charge in [0.05, 0.1) is 12.6 Å². The van der Waals surface area contributed by atoms with E-state index in [1.165, 1.54) is 6.42 Å². The Balaban J connectivity index is 0.00000392. The van der Waals surface area contributed by atoms with E-state index in [1.54, 1.807) is 0 Å². The number of nitrogens with zero attached hydrogens (tertiary/aromatic N) is 2. The van der Waals surface area contributed by atoms with E-state index in [2.05, 4.69) is 15.5 Å². The van der Waals surface area contributed by atoms with Crippen LogP contribution < -0.4 is 10.6 Å². The number of halogens is 1. The van der Waals surface area contributed by atoms with Crippen LogP contribution in [-0.2, 0) is 9.59 Å². The summed E-state index contributed by atoms with van der Waals surface area (Å²) in [5.74, 6) is -1.09. The third-order valence-electron chi connectivity index (χ3n) is 5.86. The molecule has 0 aromatic rings. The Morgan fingerprint density at radius 1 is 1.11 bits per heavy atom. The molecule has 1 aliphatic carbocycles. The summed E-state index contributed by atoms with van der Waals surface area (Å²) in [7, 11) is 0. The number of urea groups is 1. The second kappa shape index (κ2) is 12.2. The molecule has 28 heavy (non-hydrogen) atoms. The maximum atomic E-state index is 12.4. The topological polar surface area (TPSA) is 102 Å². The Kier molecular flexibility index (Phi) is 10.8. The number of carboxylic acids is 1. The third-order valence-corrected chi connectivity index (χ3v) is 5.86. The smallest absolute Gasteiger partial charge is 0.321 e. The van der Waals surface area contributed by atoms with Gasteiger partial charge in [0.15, 0.2) is 0 Å². The fourth-order valence-corrected chi connectivity index (χ4v) is 4.16. The average molecular weight is 419 g/mol. The van der Waals surface area contributed by atoms with Gasteiger partial charge in [-0.15, -0.1) is 12.4 Å². The molecular formula is C19H35ClN4O4. The van der Waals surface area contributed by atoms with Gasteiger partial charge < -0.3 is 10.4 Å². The molecule has 0 radical (unpaired) electrons. The quantitative estimate of drug-likeness (QED) is 0.583. The lowest BCUT2D eigenvalue weighted by Crippen LogP contribution is -2.54. The van der Waals surface area contributed by atoms with Crippen molar-refractivity contribution in [2.45, 2.75) is 76.9 Å².